The minimum absolute atomic E-state index is 1.15. The van der Waals surface area contributed by atoms with E-state index >= 15 is 0 Å². The molecule has 0 saturated heterocycles. The van der Waals surface area contributed by atoms with Crippen molar-refractivity contribution in [2.75, 3.05) is 0 Å². The Labute approximate surface area is 102 Å². The van der Waals surface area contributed by atoms with Gasteiger partial charge in [0, 0.05) is 16.3 Å². The summed E-state index contributed by atoms with van der Waals surface area (Å²) in [6.45, 7) is 7.95. The van der Waals surface area contributed by atoms with Gasteiger partial charge in [-0.05, 0) is 25.0 Å². The number of nitrogens with one attached hydrogen (secondary N) is 1. The van der Waals surface area contributed by atoms with Crippen molar-refractivity contribution >= 4 is 12.2 Å². The van der Waals surface area contributed by atoms with Crippen molar-refractivity contribution < 1.29 is 0 Å². The Morgan fingerprint density at radius 2 is 1.88 bits per heavy atom. The minimum atomic E-state index is 1.15. The van der Waals surface area contributed by atoms with Gasteiger partial charge in [-0.3, -0.25) is 0 Å². The summed E-state index contributed by atoms with van der Waals surface area (Å²) < 4.78 is 0. The number of H-pyrrole nitrogens is 1. The van der Waals surface area contributed by atoms with Crippen molar-refractivity contribution in [2.45, 2.75) is 13.8 Å². The van der Waals surface area contributed by atoms with Gasteiger partial charge in [0.15, 0.2) is 0 Å². The monoisotopic (exact) mass is 223 g/mol. The van der Waals surface area contributed by atoms with Crippen molar-refractivity contribution in [3.05, 3.63) is 59.1 Å². The molecule has 1 heteroatoms. The highest BCUT2D eigenvalue weighted by Crippen LogP contribution is 2.16. The van der Waals surface area contributed by atoms with Crippen LogP contribution in [-0.4, -0.2) is 4.98 Å². The van der Waals surface area contributed by atoms with Gasteiger partial charge >= 0.3 is 0 Å². The molecule has 1 heterocycles. The molecule has 86 valence electrons. The van der Waals surface area contributed by atoms with Crippen molar-refractivity contribution in [3.8, 4) is 11.3 Å². The Kier molecular flexibility index (Phi) is 3.29. The van der Waals surface area contributed by atoms with E-state index in [0.717, 1.165) is 5.35 Å². The van der Waals surface area contributed by atoms with Gasteiger partial charge in [0.05, 0.1) is 0 Å². The Morgan fingerprint density at radius 1 is 1.18 bits per heavy atom. The highest BCUT2D eigenvalue weighted by Gasteiger charge is 2.05. The van der Waals surface area contributed by atoms with Gasteiger partial charge in [-0.1, -0.05) is 55.1 Å². The first-order chi connectivity index (χ1) is 8.27. The lowest BCUT2D eigenvalue weighted by Crippen LogP contribution is -2.23. The summed E-state index contributed by atoms with van der Waals surface area (Å²) in [6.07, 6.45) is 5.97. The first-order valence-corrected chi connectivity index (χ1v) is 5.81. The van der Waals surface area contributed by atoms with Crippen LogP contribution in [0.4, 0.5) is 0 Å². The average Bonchev–Trinajstić information content (AvgIpc) is 2.69. The van der Waals surface area contributed by atoms with Gasteiger partial charge in [0.2, 0.25) is 0 Å². The maximum atomic E-state index is 3.77. The summed E-state index contributed by atoms with van der Waals surface area (Å²) in [4.78, 5) is 3.47. The molecule has 0 atom stereocenters. The predicted molar refractivity (Wildman–Crippen MR) is 75.0 cm³/mol. The topological polar surface area (TPSA) is 15.8 Å². The standard InChI is InChI=1S/C16H17N/c1-4-9-14-12(3)16(17-15(14)5-2)13-10-7-6-8-11-13/h4-11,17H,1H2,2-3H3/b14-9-,15-5+. The largest absolute Gasteiger partial charge is 0.355 e. The summed E-state index contributed by atoms with van der Waals surface area (Å²) in [5.74, 6) is 0. The van der Waals surface area contributed by atoms with E-state index in [-0.39, 0.29) is 0 Å². The second-order valence-corrected chi connectivity index (χ2v) is 4.01. The normalized spacial score (nSPS) is 13.1. The van der Waals surface area contributed by atoms with E-state index in [0.29, 0.717) is 0 Å². The van der Waals surface area contributed by atoms with Crippen molar-refractivity contribution in [2.24, 2.45) is 0 Å². The van der Waals surface area contributed by atoms with E-state index < -0.39 is 0 Å². The molecule has 0 amide bonds. The van der Waals surface area contributed by atoms with Gasteiger partial charge in [-0.25, -0.2) is 0 Å². The van der Waals surface area contributed by atoms with Crippen molar-refractivity contribution in [3.63, 3.8) is 0 Å². The van der Waals surface area contributed by atoms with E-state index in [4.69, 9.17) is 0 Å². The number of aromatic amines is 1. The lowest BCUT2D eigenvalue weighted by Gasteiger charge is -1.98. The second kappa shape index (κ2) is 4.88. The molecule has 0 spiro atoms. The fourth-order valence-corrected chi connectivity index (χ4v) is 2.09. The number of hydrogen-bond donors (Lipinski definition) is 1. The quantitative estimate of drug-likeness (QED) is 0.805. The van der Waals surface area contributed by atoms with Gasteiger partial charge < -0.3 is 4.98 Å². The molecule has 2 aromatic rings. The van der Waals surface area contributed by atoms with Crippen LogP contribution in [-0.2, 0) is 0 Å². The maximum absolute atomic E-state index is 3.77. The molecule has 0 radical (unpaired) electrons. The molecule has 1 aromatic carbocycles. The zero-order valence-corrected chi connectivity index (χ0v) is 10.3. The Bertz CT molecular complexity index is 630. The molecule has 17 heavy (non-hydrogen) atoms. The maximum Gasteiger partial charge on any atom is 0.0494 e. The zero-order chi connectivity index (χ0) is 12.3. The molecule has 0 saturated carbocycles. The summed E-state index contributed by atoms with van der Waals surface area (Å²) in [6, 6.07) is 10.4. The molecule has 0 unspecified atom stereocenters. The van der Waals surface area contributed by atoms with Crippen LogP contribution in [0.25, 0.3) is 23.4 Å². The number of hydrogen-bond acceptors (Lipinski definition) is 0. The Balaban J connectivity index is 2.75. The van der Waals surface area contributed by atoms with Gasteiger partial charge in [-0.15, -0.1) is 0 Å². The first kappa shape index (κ1) is 11.5. The number of allylic oxidation sites excluding steroid dienone is 1. The Morgan fingerprint density at radius 3 is 2.47 bits per heavy atom. The summed E-state index contributed by atoms with van der Waals surface area (Å²) in [7, 11) is 0. The average molecular weight is 223 g/mol. The van der Waals surface area contributed by atoms with Crippen LogP contribution >= 0.6 is 0 Å². The molecule has 1 N–H and O–H groups in total. The predicted octanol–water partition coefficient (Wildman–Crippen LogP) is 2.76. The number of benzene rings is 1. The van der Waals surface area contributed by atoms with Crippen LogP contribution in [0.15, 0.2) is 43.0 Å². The van der Waals surface area contributed by atoms with E-state index in [1.807, 2.05) is 25.1 Å². The van der Waals surface area contributed by atoms with Crippen LogP contribution in [0, 0.1) is 6.92 Å². The molecule has 0 aliphatic heterocycles. The molecule has 1 aromatic heterocycles. The van der Waals surface area contributed by atoms with Gasteiger partial charge in [-0.2, -0.15) is 0 Å². The molecule has 0 aliphatic rings. The van der Waals surface area contributed by atoms with E-state index in [2.05, 4.69) is 48.8 Å². The van der Waals surface area contributed by atoms with Crippen LogP contribution in [0.2, 0.25) is 0 Å². The smallest absolute Gasteiger partial charge is 0.0494 e. The lowest BCUT2D eigenvalue weighted by molar-refractivity contribution is 1.31. The molecule has 2 rings (SSSR count). The summed E-state index contributed by atoms with van der Waals surface area (Å²) in [5.41, 5.74) is 3.67. The van der Waals surface area contributed by atoms with Crippen LogP contribution in [0.1, 0.15) is 12.5 Å². The third kappa shape index (κ3) is 2.09. The summed E-state index contributed by atoms with van der Waals surface area (Å²) >= 11 is 0. The minimum Gasteiger partial charge on any atom is -0.355 e. The summed E-state index contributed by atoms with van der Waals surface area (Å²) in [5, 5.41) is 2.38. The SMILES string of the molecule is C=C/C=c1/c(C)c(-c2ccccc2)[nH]/c1=C/C. The third-order valence-electron chi connectivity index (χ3n) is 2.96. The van der Waals surface area contributed by atoms with Crippen LogP contribution in [0.3, 0.4) is 0 Å². The molecule has 1 nitrogen and oxygen atoms in total. The van der Waals surface area contributed by atoms with E-state index in [1.54, 1.807) is 0 Å². The molecule has 0 bridgehead atoms. The van der Waals surface area contributed by atoms with Crippen LogP contribution in [0.5, 0.6) is 0 Å². The fourth-order valence-electron chi connectivity index (χ4n) is 2.09. The number of aromatic nitrogens is 1. The van der Waals surface area contributed by atoms with Crippen molar-refractivity contribution in [1.29, 1.82) is 0 Å². The highest BCUT2D eigenvalue weighted by atomic mass is 14.7. The van der Waals surface area contributed by atoms with Gasteiger partial charge in [0.1, 0.15) is 0 Å². The Hall–Kier alpha value is -2.02. The molecule has 0 aliphatic carbocycles. The first-order valence-electron chi connectivity index (χ1n) is 5.81. The van der Waals surface area contributed by atoms with E-state index in [1.165, 1.54) is 22.0 Å². The van der Waals surface area contributed by atoms with E-state index in [9.17, 15) is 0 Å². The molecular weight excluding hydrogens is 206 g/mol. The number of rotatable bonds is 2. The van der Waals surface area contributed by atoms with Gasteiger partial charge in [0.25, 0.3) is 0 Å². The fraction of sp³-hybridized carbons (Fsp3) is 0.125. The molecular formula is C16H17N. The second-order valence-electron chi connectivity index (χ2n) is 4.01. The zero-order valence-electron chi connectivity index (χ0n) is 10.3. The van der Waals surface area contributed by atoms with Crippen LogP contribution < -0.4 is 10.6 Å². The lowest BCUT2D eigenvalue weighted by atomic mass is 10.1. The third-order valence-corrected chi connectivity index (χ3v) is 2.96. The van der Waals surface area contributed by atoms with Crippen molar-refractivity contribution in [1.82, 2.24) is 4.98 Å². The highest BCUT2D eigenvalue weighted by molar-refractivity contribution is 5.65. The molecule has 0 fully saturated rings.